The zero-order valence-corrected chi connectivity index (χ0v) is 13.9. The van der Waals surface area contributed by atoms with Crippen molar-refractivity contribution in [1.29, 1.82) is 0 Å². The molecule has 1 saturated heterocycles. The summed E-state index contributed by atoms with van der Waals surface area (Å²) in [6, 6.07) is 20.6. The number of hydrogen-bond donors (Lipinski definition) is 1. The predicted molar refractivity (Wildman–Crippen MR) is 94.6 cm³/mol. The van der Waals surface area contributed by atoms with Crippen molar-refractivity contribution in [3.63, 3.8) is 0 Å². The minimum Gasteiger partial charge on any atom is -0.448 e. The third kappa shape index (κ3) is 4.83. The van der Waals surface area contributed by atoms with Crippen LogP contribution in [0, 0.1) is 0 Å². The second-order valence-corrected chi connectivity index (χ2v) is 6.16. The molecule has 4 nitrogen and oxygen atoms in total. The van der Waals surface area contributed by atoms with Gasteiger partial charge in [0.15, 0.2) is 0 Å². The Labute approximate surface area is 143 Å². The molecule has 1 fully saturated rings. The van der Waals surface area contributed by atoms with Crippen molar-refractivity contribution < 1.29 is 9.53 Å². The Bertz CT molecular complexity index is 623. The zero-order valence-electron chi connectivity index (χ0n) is 13.9. The molecule has 0 aliphatic carbocycles. The lowest BCUT2D eigenvalue weighted by Gasteiger charge is -2.31. The molecule has 24 heavy (non-hydrogen) atoms. The molecule has 0 unspecified atom stereocenters. The normalized spacial score (nSPS) is 15.8. The molecule has 1 amide bonds. The van der Waals surface area contributed by atoms with E-state index in [9.17, 15) is 4.79 Å². The highest BCUT2D eigenvalue weighted by molar-refractivity contribution is 5.66. The summed E-state index contributed by atoms with van der Waals surface area (Å²) >= 11 is 0. The molecular formula is C20H24N2O2. The van der Waals surface area contributed by atoms with Gasteiger partial charge in [-0.1, -0.05) is 60.7 Å². The molecule has 0 saturated carbocycles. The second kappa shape index (κ2) is 8.50. The van der Waals surface area contributed by atoms with Gasteiger partial charge in [-0.05, 0) is 29.9 Å². The van der Waals surface area contributed by atoms with Crippen molar-refractivity contribution in [1.82, 2.24) is 10.4 Å². The van der Waals surface area contributed by atoms with Gasteiger partial charge >= 0.3 is 6.09 Å². The van der Waals surface area contributed by atoms with Crippen LogP contribution in [0.4, 0.5) is 4.79 Å². The highest BCUT2D eigenvalue weighted by atomic mass is 16.6. The molecule has 1 N–H and O–H groups in total. The molecule has 4 heteroatoms. The number of rotatable bonds is 5. The first-order valence-corrected chi connectivity index (χ1v) is 8.58. The number of nitrogens with zero attached hydrogens (tertiary/aromatic N) is 1. The maximum Gasteiger partial charge on any atom is 0.421 e. The average Bonchev–Trinajstić information content (AvgIpc) is 2.64. The summed E-state index contributed by atoms with van der Waals surface area (Å²) in [6.45, 7) is 2.11. The van der Waals surface area contributed by atoms with Gasteiger partial charge in [0.1, 0.15) is 0 Å². The van der Waals surface area contributed by atoms with Crippen molar-refractivity contribution in [2.24, 2.45) is 0 Å². The first kappa shape index (κ1) is 16.5. The molecule has 3 rings (SSSR count). The van der Waals surface area contributed by atoms with Gasteiger partial charge in [0.05, 0.1) is 6.61 Å². The number of hydrazine groups is 1. The fraction of sp³-hybridized carbons (Fsp3) is 0.350. The largest absolute Gasteiger partial charge is 0.448 e. The van der Waals surface area contributed by atoms with Crippen molar-refractivity contribution in [3.05, 3.63) is 71.8 Å². The maximum atomic E-state index is 11.9. The monoisotopic (exact) mass is 324 g/mol. The van der Waals surface area contributed by atoms with E-state index in [0.29, 0.717) is 12.5 Å². The van der Waals surface area contributed by atoms with Gasteiger partial charge in [0.25, 0.3) is 0 Å². The average molecular weight is 324 g/mol. The lowest BCUT2D eigenvalue weighted by molar-refractivity contribution is 0.0925. The summed E-state index contributed by atoms with van der Waals surface area (Å²) in [6.07, 6.45) is 2.48. The number of piperidine rings is 1. The van der Waals surface area contributed by atoms with Crippen molar-refractivity contribution in [2.75, 3.05) is 19.7 Å². The summed E-state index contributed by atoms with van der Waals surface area (Å²) < 4.78 is 5.27. The fourth-order valence-corrected chi connectivity index (χ4v) is 3.12. The first-order chi connectivity index (χ1) is 11.8. The van der Waals surface area contributed by atoms with E-state index in [2.05, 4.69) is 29.7 Å². The van der Waals surface area contributed by atoms with Crippen LogP contribution in [0.2, 0.25) is 0 Å². The molecule has 0 radical (unpaired) electrons. The Kier molecular flexibility index (Phi) is 5.85. The van der Waals surface area contributed by atoms with Crippen molar-refractivity contribution >= 4 is 6.09 Å². The molecule has 1 heterocycles. The third-order valence-corrected chi connectivity index (χ3v) is 4.48. The van der Waals surface area contributed by atoms with E-state index in [1.54, 1.807) is 0 Å². The highest BCUT2D eigenvalue weighted by Crippen LogP contribution is 2.26. The summed E-state index contributed by atoms with van der Waals surface area (Å²) in [5, 5.41) is 1.96. The maximum absolute atomic E-state index is 11.9. The smallest absolute Gasteiger partial charge is 0.421 e. The molecule has 0 atom stereocenters. The number of carbonyl (C=O) groups is 1. The van der Waals surface area contributed by atoms with E-state index in [0.717, 1.165) is 32.4 Å². The van der Waals surface area contributed by atoms with Crippen LogP contribution in [0.25, 0.3) is 0 Å². The van der Waals surface area contributed by atoms with Crippen molar-refractivity contribution in [3.8, 4) is 0 Å². The standard InChI is InChI=1S/C20H24N2O2/c23-20(24-16-13-17-7-3-1-4-8-17)21-22-14-11-19(12-15-22)18-9-5-2-6-10-18/h1-10,19H,11-16H2,(H,21,23). The van der Waals surface area contributed by atoms with Gasteiger partial charge in [-0.25, -0.2) is 9.80 Å². The molecule has 0 bridgehead atoms. The van der Waals surface area contributed by atoms with E-state index in [4.69, 9.17) is 4.74 Å². The topological polar surface area (TPSA) is 41.6 Å². The minimum absolute atomic E-state index is 0.357. The Morgan fingerprint density at radius 3 is 2.29 bits per heavy atom. The molecule has 0 spiro atoms. The Morgan fingerprint density at radius 2 is 1.62 bits per heavy atom. The Morgan fingerprint density at radius 1 is 1.00 bits per heavy atom. The van der Waals surface area contributed by atoms with Gasteiger partial charge in [-0.3, -0.25) is 5.43 Å². The number of amides is 1. The van der Waals surface area contributed by atoms with E-state index < -0.39 is 0 Å². The molecule has 1 aliphatic heterocycles. The van der Waals surface area contributed by atoms with Crippen LogP contribution in [-0.2, 0) is 11.2 Å². The van der Waals surface area contributed by atoms with Crippen LogP contribution >= 0.6 is 0 Å². The van der Waals surface area contributed by atoms with Crippen molar-refractivity contribution in [2.45, 2.75) is 25.2 Å². The van der Waals surface area contributed by atoms with E-state index in [1.807, 2.05) is 41.4 Å². The lowest BCUT2D eigenvalue weighted by Crippen LogP contribution is -2.46. The quantitative estimate of drug-likeness (QED) is 0.911. The zero-order chi connectivity index (χ0) is 16.6. The number of benzene rings is 2. The first-order valence-electron chi connectivity index (χ1n) is 8.58. The number of nitrogens with one attached hydrogen (secondary N) is 1. The van der Waals surface area contributed by atoms with Gasteiger partial charge in [0.2, 0.25) is 0 Å². The van der Waals surface area contributed by atoms with Crippen LogP contribution in [0.15, 0.2) is 60.7 Å². The van der Waals surface area contributed by atoms with Gasteiger partial charge < -0.3 is 4.74 Å². The van der Waals surface area contributed by atoms with Crippen LogP contribution in [0.5, 0.6) is 0 Å². The molecule has 1 aliphatic rings. The molecule has 2 aromatic rings. The number of carbonyl (C=O) groups excluding carboxylic acids is 1. The van der Waals surface area contributed by atoms with Crippen LogP contribution in [0.1, 0.15) is 29.9 Å². The molecule has 0 aromatic heterocycles. The van der Waals surface area contributed by atoms with Gasteiger partial charge in [-0.15, -0.1) is 0 Å². The van der Waals surface area contributed by atoms with E-state index >= 15 is 0 Å². The van der Waals surface area contributed by atoms with Crippen LogP contribution < -0.4 is 5.43 Å². The Balaban J connectivity index is 1.36. The molecular weight excluding hydrogens is 300 g/mol. The fourth-order valence-electron chi connectivity index (χ4n) is 3.12. The highest BCUT2D eigenvalue weighted by Gasteiger charge is 2.21. The Hall–Kier alpha value is -2.33. The molecule has 126 valence electrons. The SMILES string of the molecule is O=C(NN1CCC(c2ccccc2)CC1)OCCc1ccccc1. The van der Waals surface area contributed by atoms with E-state index in [1.165, 1.54) is 11.1 Å². The van der Waals surface area contributed by atoms with Gasteiger partial charge in [-0.2, -0.15) is 0 Å². The summed E-state index contributed by atoms with van der Waals surface area (Å²) in [5.41, 5.74) is 5.42. The van der Waals surface area contributed by atoms with E-state index in [-0.39, 0.29) is 6.09 Å². The summed E-state index contributed by atoms with van der Waals surface area (Å²) in [5.74, 6) is 0.582. The number of ether oxygens (including phenoxy) is 1. The third-order valence-electron chi connectivity index (χ3n) is 4.48. The summed E-state index contributed by atoms with van der Waals surface area (Å²) in [7, 11) is 0. The summed E-state index contributed by atoms with van der Waals surface area (Å²) in [4.78, 5) is 11.9. The lowest BCUT2D eigenvalue weighted by atomic mass is 9.90. The molecule has 2 aromatic carbocycles. The predicted octanol–water partition coefficient (Wildman–Crippen LogP) is 3.75. The van der Waals surface area contributed by atoms with Crippen LogP contribution in [-0.4, -0.2) is 30.8 Å². The number of hydrogen-bond acceptors (Lipinski definition) is 3. The minimum atomic E-state index is -0.357. The van der Waals surface area contributed by atoms with Gasteiger partial charge in [0, 0.05) is 19.5 Å². The second-order valence-electron chi connectivity index (χ2n) is 6.16. The van der Waals surface area contributed by atoms with Crippen LogP contribution in [0.3, 0.4) is 0 Å².